The second-order valence-electron chi connectivity index (χ2n) is 4.15. The van der Waals surface area contributed by atoms with E-state index in [1.165, 1.54) is 6.92 Å². The number of esters is 1. The van der Waals surface area contributed by atoms with Crippen molar-refractivity contribution in [2.24, 2.45) is 4.99 Å². The highest BCUT2D eigenvalue weighted by Crippen LogP contribution is 2.17. The van der Waals surface area contributed by atoms with Crippen LogP contribution in [-0.4, -0.2) is 35.0 Å². The molecular weight excluding hydrogens is 274 g/mol. The van der Waals surface area contributed by atoms with Crippen LogP contribution in [-0.2, 0) is 14.3 Å². The van der Waals surface area contributed by atoms with E-state index in [1.807, 2.05) is 0 Å². The van der Waals surface area contributed by atoms with Crippen LogP contribution in [0.1, 0.15) is 25.5 Å². The van der Waals surface area contributed by atoms with Gasteiger partial charge in [0.2, 0.25) is 0 Å². The van der Waals surface area contributed by atoms with Gasteiger partial charge < -0.3 is 14.9 Å². The first-order valence-corrected chi connectivity index (χ1v) is 6.35. The third-order valence-electron chi connectivity index (χ3n) is 2.59. The number of carbonyl (C=O) groups excluding carboxylic acids is 1. The summed E-state index contributed by atoms with van der Waals surface area (Å²) in [6.45, 7) is 3.07. The quantitative estimate of drug-likeness (QED) is 0.363. The fourth-order valence-electron chi connectivity index (χ4n) is 1.58. The maximum atomic E-state index is 11.6. The van der Waals surface area contributed by atoms with Crippen molar-refractivity contribution in [1.29, 1.82) is 0 Å². The Hall–Kier alpha value is -2.63. The number of aliphatic hydroxyl groups excluding tert-OH is 1. The van der Waals surface area contributed by atoms with Gasteiger partial charge >= 0.3 is 11.9 Å². The molecule has 21 heavy (non-hydrogen) atoms. The van der Waals surface area contributed by atoms with E-state index >= 15 is 0 Å². The average Bonchev–Trinajstić information content (AvgIpc) is 2.43. The summed E-state index contributed by atoms with van der Waals surface area (Å²) in [4.78, 5) is 26.8. The fourth-order valence-corrected chi connectivity index (χ4v) is 1.58. The number of carboxylic acids is 1. The lowest BCUT2D eigenvalue weighted by Gasteiger charge is -2.08. The monoisotopic (exact) mass is 291 g/mol. The van der Waals surface area contributed by atoms with Crippen LogP contribution in [0.25, 0.3) is 0 Å². The predicted octanol–water partition coefficient (Wildman–Crippen LogP) is 2.28. The van der Waals surface area contributed by atoms with Gasteiger partial charge in [-0.3, -0.25) is 4.99 Å². The van der Waals surface area contributed by atoms with Crippen LogP contribution in [0.4, 0.5) is 0 Å². The summed E-state index contributed by atoms with van der Waals surface area (Å²) in [6, 6.07) is 7.23. The number of carbonyl (C=O) groups is 2. The summed E-state index contributed by atoms with van der Waals surface area (Å²) in [5.41, 5.74) is 0.305. The molecule has 1 aromatic rings. The number of aliphatic carboxylic acids is 1. The van der Waals surface area contributed by atoms with Gasteiger partial charge in [0.1, 0.15) is 11.3 Å². The number of aliphatic imine (C=N–C) groups is 1. The van der Waals surface area contributed by atoms with E-state index in [0.29, 0.717) is 5.56 Å². The molecule has 0 aliphatic rings. The number of carboxylic acid groups (broad SMARTS) is 1. The molecule has 1 unspecified atom stereocenters. The summed E-state index contributed by atoms with van der Waals surface area (Å²) in [5, 5.41) is 18.7. The number of hydrogen-bond acceptors (Lipinski definition) is 5. The lowest BCUT2D eigenvalue weighted by molar-refractivity contribution is -0.139. The van der Waals surface area contributed by atoms with Gasteiger partial charge in [-0.25, -0.2) is 9.59 Å². The van der Waals surface area contributed by atoms with Gasteiger partial charge in [0, 0.05) is 6.21 Å². The fraction of sp³-hybridized carbons (Fsp3) is 0.267. The molecule has 2 N–H and O–H groups in total. The first-order valence-electron chi connectivity index (χ1n) is 6.35. The minimum Gasteiger partial charge on any atom is -0.512 e. The number of hydrogen-bond donors (Lipinski definition) is 2. The molecule has 0 aromatic heterocycles. The molecular formula is C15H17NO5. The summed E-state index contributed by atoms with van der Waals surface area (Å²) in [6.07, 6.45) is 1.03. The zero-order chi connectivity index (χ0) is 15.8. The van der Waals surface area contributed by atoms with E-state index in [9.17, 15) is 19.8 Å². The maximum absolute atomic E-state index is 11.6. The van der Waals surface area contributed by atoms with E-state index < -0.39 is 18.0 Å². The van der Waals surface area contributed by atoms with Gasteiger partial charge in [0.15, 0.2) is 6.04 Å². The Morgan fingerprint density at radius 1 is 1.29 bits per heavy atom. The molecule has 6 heteroatoms. The van der Waals surface area contributed by atoms with Gasteiger partial charge in [-0.1, -0.05) is 30.3 Å². The number of allylic oxidation sites excluding steroid dienone is 1. The highest BCUT2D eigenvalue weighted by Gasteiger charge is 2.19. The van der Waals surface area contributed by atoms with E-state index in [-0.39, 0.29) is 17.9 Å². The van der Waals surface area contributed by atoms with Crippen LogP contribution in [0.15, 0.2) is 46.7 Å². The van der Waals surface area contributed by atoms with Crippen LogP contribution in [0, 0.1) is 0 Å². The molecule has 0 radical (unpaired) electrons. The Kier molecular flexibility index (Phi) is 6.13. The standard InChI is InChI=1S/C15H17NO5/c1-3-21-15(20)12(10(2)17)9-16-13(14(18)19)11-7-5-4-6-8-11/h4-9,13,17H,3H2,1-2H3,(H,18,19)/b12-10-,16-9?. The predicted molar refractivity (Wildman–Crippen MR) is 77.3 cm³/mol. The third kappa shape index (κ3) is 4.76. The van der Waals surface area contributed by atoms with Crippen LogP contribution < -0.4 is 0 Å². The van der Waals surface area contributed by atoms with Gasteiger partial charge in [0.05, 0.1) is 6.61 Å². The second-order valence-corrected chi connectivity index (χ2v) is 4.15. The van der Waals surface area contributed by atoms with Crippen molar-refractivity contribution in [1.82, 2.24) is 0 Å². The molecule has 0 aliphatic heterocycles. The first-order chi connectivity index (χ1) is 9.97. The Balaban J connectivity index is 3.05. The normalized spacial score (nSPS) is 13.6. The summed E-state index contributed by atoms with van der Waals surface area (Å²) in [7, 11) is 0. The number of aliphatic hydroxyl groups is 1. The molecule has 112 valence electrons. The van der Waals surface area contributed by atoms with Gasteiger partial charge in [-0.15, -0.1) is 0 Å². The minimum atomic E-state index is -1.16. The largest absolute Gasteiger partial charge is 0.512 e. The first kappa shape index (κ1) is 16.4. The lowest BCUT2D eigenvalue weighted by Crippen LogP contribution is -2.14. The van der Waals surface area contributed by atoms with Crippen LogP contribution in [0.3, 0.4) is 0 Å². The van der Waals surface area contributed by atoms with Crippen molar-refractivity contribution in [3.8, 4) is 0 Å². The zero-order valence-corrected chi connectivity index (χ0v) is 11.8. The van der Waals surface area contributed by atoms with Crippen molar-refractivity contribution < 1.29 is 24.5 Å². The highest BCUT2D eigenvalue weighted by molar-refractivity contribution is 6.10. The molecule has 0 spiro atoms. The Labute approximate surface area is 122 Å². The van der Waals surface area contributed by atoms with Crippen LogP contribution in [0.5, 0.6) is 0 Å². The van der Waals surface area contributed by atoms with E-state index in [2.05, 4.69) is 4.99 Å². The molecule has 1 rings (SSSR count). The van der Waals surface area contributed by atoms with Crippen molar-refractivity contribution in [2.45, 2.75) is 19.9 Å². The van der Waals surface area contributed by atoms with Gasteiger partial charge in [0.25, 0.3) is 0 Å². The van der Waals surface area contributed by atoms with Crippen molar-refractivity contribution in [3.63, 3.8) is 0 Å². The molecule has 1 atom stereocenters. The number of nitrogens with zero attached hydrogens (tertiary/aromatic N) is 1. The number of benzene rings is 1. The zero-order valence-electron chi connectivity index (χ0n) is 11.8. The summed E-state index contributed by atoms with van der Waals surface area (Å²) >= 11 is 0. The maximum Gasteiger partial charge on any atom is 0.343 e. The minimum absolute atomic E-state index is 0.143. The number of rotatable bonds is 6. The SMILES string of the molecule is CCOC(=O)/C(C=NC(C(=O)O)c1ccccc1)=C(/C)O. The molecule has 6 nitrogen and oxygen atoms in total. The van der Waals surface area contributed by atoms with E-state index in [1.54, 1.807) is 37.3 Å². The average molecular weight is 291 g/mol. The Morgan fingerprint density at radius 3 is 2.38 bits per heavy atom. The molecule has 1 aromatic carbocycles. The highest BCUT2D eigenvalue weighted by atomic mass is 16.5. The van der Waals surface area contributed by atoms with Gasteiger partial charge in [-0.05, 0) is 19.4 Å². The lowest BCUT2D eigenvalue weighted by atomic mass is 10.1. The summed E-state index contributed by atoms with van der Waals surface area (Å²) < 4.78 is 4.77. The second kappa shape index (κ2) is 7.84. The smallest absolute Gasteiger partial charge is 0.343 e. The molecule has 0 amide bonds. The third-order valence-corrected chi connectivity index (χ3v) is 2.59. The van der Waals surface area contributed by atoms with E-state index in [0.717, 1.165) is 6.21 Å². The van der Waals surface area contributed by atoms with Gasteiger partial charge in [-0.2, -0.15) is 0 Å². The molecule has 0 aliphatic carbocycles. The van der Waals surface area contributed by atoms with Crippen molar-refractivity contribution in [2.75, 3.05) is 6.61 Å². The van der Waals surface area contributed by atoms with Crippen molar-refractivity contribution >= 4 is 18.2 Å². The molecule has 0 fully saturated rings. The number of ether oxygens (including phenoxy) is 1. The van der Waals surface area contributed by atoms with Crippen LogP contribution in [0.2, 0.25) is 0 Å². The molecule has 0 saturated heterocycles. The molecule has 0 saturated carbocycles. The molecule has 0 heterocycles. The van der Waals surface area contributed by atoms with Crippen molar-refractivity contribution in [3.05, 3.63) is 47.2 Å². The Morgan fingerprint density at radius 2 is 1.90 bits per heavy atom. The van der Waals surface area contributed by atoms with Crippen LogP contribution >= 0.6 is 0 Å². The Bertz CT molecular complexity index is 559. The molecule has 0 bridgehead atoms. The summed E-state index contributed by atoms with van der Waals surface area (Å²) in [5.74, 6) is -2.19. The topological polar surface area (TPSA) is 96.2 Å². The van der Waals surface area contributed by atoms with E-state index in [4.69, 9.17) is 4.74 Å².